The molecule has 0 fully saturated rings. The summed E-state index contributed by atoms with van der Waals surface area (Å²) in [6, 6.07) is 11.7. The Hall–Kier alpha value is -1.84. The number of carbonyl (C=O) groups is 1. The van der Waals surface area contributed by atoms with Crippen LogP contribution in [0.1, 0.15) is 11.1 Å². The summed E-state index contributed by atoms with van der Waals surface area (Å²) in [5.74, 6) is -1.55. The first-order valence-electron chi connectivity index (χ1n) is 5.39. The van der Waals surface area contributed by atoms with Crippen molar-refractivity contribution in [2.45, 2.75) is 5.60 Å². The monoisotopic (exact) mass is 259 g/mol. The van der Waals surface area contributed by atoms with E-state index in [9.17, 15) is 15.0 Å². The molecule has 0 saturated carbocycles. The van der Waals surface area contributed by atoms with Crippen LogP contribution in [0.2, 0.25) is 5.02 Å². The van der Waals surface area contributed by atoms with E-state index in [0.29, 0.717) is 21.7 Å². The van der Waals surface area contributed by atoms with Crippen molar-refractivity contribution < 1.29 is 15.0 Å². The predicted molar refractivity (Wildman–Crippen MR) is 64.9 cm³/mol. The van der Waals surface area contributed by atoms with Crippen molar-refractivity contribution in [3.8, 4) is 11.1 Å². The minimum Gasteiger partial charge on any atom is -0.546 e. The van der Waals surface area contributed by atoms with Crippen LogP contribution in [-0.4, -0.2) is 11.1 Å². The van der Waals surface area contributed by atoms with Gasteiger partial charge in [-0.25, -0.2) is 0 Å². The molecule has 1 atom stereocenters. The van der Waals surface area contributed by atoms with Crippen molar-refractivity contribution >= 4 is 17.6 Å². The number of hydrogen-bond acceptors (Lipinski definition) is 3. The zero-order chi connectivity index (χ0) is 12.9. The maximum Gasteiger partial charge on any atom is 0.155 e. The number of benzene rings is 2. The van der Waals surface area contributed by atoms with Crippen molar-refractivity contribution in [3.63, 3.8) is 0 Å². The SMILES string of the molecule is O=C([O-])[C@]1(O)c2ccccc2-c2ccc(Cl)cc21. The number of fused-ring (bicyclic) bond motifs is 3. The largest absolute Gasteiger partial charge is 0.546 e. The highest BCUT2D eigenvalue weighted by atomic mass is 35.5. The fourth-order valence-electron chi connectivity index (χ4n) is 2.45. The van der Waals surface area contributed by atoms with E-state index in [4.69, 9.17) is 11.6 Å². The quantitative estimate of drug-likeness (QED) is 0.840. The van der Waals surface area contributed by atoms with Crippen LogP contribution >= 0.6 is 11.6 Å². The van der Waals surface area contributed by atoms with Crippen molar-refractivity contribution in [2.24, 2.45) is 0 Å². The van der Waals surface area contributed by atoms with Gasteiger partial charge in [0.25, 0.3) is 0 Å². The van der Waals surface area contributed by atoms with Crippen molar-refractivity contribution in [2.75, 3.05) is 0 Å². The molecule has 3 nitrogen and oxygen atoms in total. The fraction of sp³-hybridized carbons (Fsp3) is 0.0714. The van der Waals surface area contributed by atoms with Gasteiger partial charge in [-0.15, -0.1) is 0 Å². The smallest absolute Gasteiger partial charge is 0.155 e. The third kappa shape index (κ3) is 1.26. The number of carbonyl (C=O) groups excluding carboxylic acids is 1. The Labute approximate surface area is 108 Å². The third-order valence-corrected chi connectivity index (χ3v) is 3.51. The molecular weight excluding hydrogens is 252 g/mol. The molecule has 0 spiro atoms. The summed E-state index contributed by atoms with van der Waals surface area (Å²) in [5, 5.41) is 22.2. The lowest BCUT2D eigenvalue weighted by atomic mass is 9.92. The van der Waals surface area contributed by atoms with E-state index >= 15 is 0 Å². The fourth-order valence-corrected chi connectivity index (χ4v) is 2.62. The Morgan fingerprint density at radius 2 is 1.78 bits per heavy atom. The zero-order valence-corrected chi connectivity index (χ0v) is 9.94. The van der Waals surface area contributed by atoms with Crippen molar-refractivity contribution in [1.29, 1.82) is 0 Å². The van der Waals surface area contributed by atoms with E-state index in [1.165, 1.54) is 6.07 Å². The van der Waals surface area contributed by atoms with E-state index in [-0.39, 0.29) is 5.56 Å². The Morgan fingerprint density at radius 3 is 2.50 bits per heavy atom. The number of carboxylic acid groups (broad SMARTS) is 1. The number of rotatable bonds is 1. The van der Waals surface area contributed by atoms with Gasteiger partial charge in [-0.05, 0) is 23.3 Å². The normalized spacial score (nSPS) is 20.3. The molecule has 1 aliphatic carbocycles. The first-order valence-corrected chi connectivity index (χ1v) is 5.76. The topological polar surface area (TPSA) is 60.4 Å². The third-order valence-electron chi connectivity index (χ3n) is 3.27. The van der Waals surface area contributed by atoms with E-state index < -0.39 is 11.6 Å². The number of hydrogen-bond donors (Lipinski definition) is 1. The highest BCUT2D eigenvalue weighted by molar-refractivity contribution is 6.30. The molecule has 90 valence electrons. The number of aliphatic carboxylic acids is 1. The van der Waals surface area contributed by atoms with Crippen LogP contribution in [-0.2, 0) is 10.4 Å². The second-order valence-electron chi connectivity index (χ2n) is 4.23. The summed E-state index contributed by atoms with van der Waals surface area (Å²) in [5.41, 5.74) is -0.187. The highest BCUT2D eigenvalue weighted by Crippen LogP contribution is 2.47. The summed E-state index contributed by atoms with van der Waals surface area (Å²) in [6.45, 7) is 0. The standard InChI is InChI=1S/C14H9ClO3/c15-8-5-6-10-9-3-1-2-4-11(9)14(18,13(16)17)12(10)7-8/h1-7,18H,(H,16,17)/p-1/t14-/m0/s1. The van der Waals surface area contributed by atoms with Crippen LogP contribution in [0, 0.1) is 0 Å². The minimum atomic E-state index is -2.13. The minimum absolute atomic E-state index is 0.260. The van der Waals surface area contributed by atoms with Crippen LogP contribution in [0.15, 0.2) is 42.5 Å². The average Bonchev–Trinajstić information content (AvgIpc) is 2.61. The summed E-state index contributed by atoms with van der Waals surface area (Å²) in [6.07, 6.45) is 0. The Morgan fingerprint density at radius 1 is 1.11 bits per heavy atom. The van der Waals surface area contributed by atoms with Crippen LogP contribution in [0.3, 0.4) is 0 Å². The van der Waals surface area contributed by atoms with Gasteiger partial charge in [0.1, 0.15) is 0 Å². The van der Waals surface area contributed by atoms with Gasteiger partial charge >= 0.3 is 0 Å². The maximum absolute atomic E-state index is 11.4. The van der Waals surface area contributed by atoms with Gasteiger partial charge in [-0.2, -0.15) is 0 Å². The molecule has 0 radical (unpaired) electrons. The van der Waals surface area contributed by atoms with E-state index in [2.05, 4.69) is 0 Å². The Balaban J connectivity index is 2.42. The van der Waals surface area contributed by atoms with Gasteiger partial charge in [-0.3, -0.25) is 0 Å². The second kappa shape index (κ2) is 3.57. The van der Waals surface area contributed by atoms with E-state index in [1.807, 2.05) is 0 Å². The van der Waals surface area contributed by atoms with Crippen LogP contribution in [0.25, 0.3) is 11.1 Å². The molecule has 0 amide bonds. The molecule has 0 heterocycles. The first kappa shape index (κ1) is 11.3. The lowest BCUT2D eigenvalue weighted by Crippen LogP contribution is -2.45. The zero-order valence-electron chi connectivity index (χ0n) is 9.18. The first-order chi connectivity index (χ1) is 8.55. The Kier molecular flexibility index (Phi) is 2.24. The van der Waals surface area contributed by atoms with Gasteiger partial charge in [0.05, 0.1) is 5.97 Å². The molecule has 0 unspecified atom stereocenters. The molecule has 0 aromatic heterocycles. The van der Waals surface area contributed by atoms with E-state index in [0.717, 1.165) is 0 Å². The lowest BCUT2D eigenvalue weighted by Gasteiger charge is -2.26. The number of halogens is 1. The molecule has 18 heavy (non-hydrogen) atoms. The summed E-state index contributed by atoms with van der Waals surface area (Å²) in [7, 11) is 0. The summed E-state index contributed by atoms with van der Waals surface area (Å²) in [4.78, 5) is 11.4. The van der Waals surface area contributed by atoms with Gasteiger partial charge in [0.2, 0.25) is 0 Å². The molecule has 4 heteroatoms. The summed E-state index contributed by atoms with van der Waals surface area (Å²) < 4.78 is 0. The van der Waals surface area contributed by atoms with Crippen molar-refractivity contribution in [1.82, 2.24) is 0 Å². The van der Waals surface area contributed by atoms with Crippen LogP contribution in [0.4, 0.5) is 0 Å². The summed E-state index contributed by atoms with van der Waals surface area (Å²) >= 11 is 5.87. The maximum atomic E-state index is 11.4. The van der Waals surface area contributed by atoms with Crippen LogP contribution in [0.5, 0.6) is 0 Å². The lowest BCUT2D eigenvalue weighted by molar-refractivity contribution is -0.322. The van der Waals surface area contributed by atoms with Gasteiger partial charge in [-0.1, -0.05) is 41.9 Å². The molecule has 1 N–H and O–H groups in total. The number of aliphatic hydroxyl groups is 1. The van der Waals surface area contributed by atoms with Gasteiger partial charge < -0.3 is 15.0 Å². The van der Waals surface area contributed by atoms with Gasteiger partial charge in [0.15, 0.2) is 5.60 Å². The molecule has 2 aromatic carbocycles. The highest BCUT2D eigenvalue weighted by Gasteiger charge is 2.42. The van der Waals surface area contributed by atoms with Crippen LogP contribution < -0.4 is 5.11 Å². The van der Waals surface area contributed by atoms with Crippen molar-refractivity contribution in [3.05, 3.63) is 58.6 Å². The molecule has 0 saturated heterocycles. The molecule has 3 rings (SSSR count). The molecular formula is C14H8ClO3-. The average molecular weight is 260 g/mol. The predicted octanol–water partition coefficient (Wildman–Crippen LogP) is 1.31. The van der Waals surface area contributed by atoms with E-state index in [1.54, 1.807) is 36.4 Å². The molecule has 1 aliphatic rings. The molecule has 2 aromatic rings. The Bertz CT molecular complexity index is 666. The molecule has 0 aliphatic heterocycles. The second-order valence-corrected chi connectivity index (χ2v) is 4.67. The number of carboxylic acids is 1. The molecule has 0 bridgehead atoms. The van der Waals surface area contributed by atoms with Gasteiger partial charge in [0, 0.05) is 16.1 Å².